The molecule has 3 heteroatoms. The van der Waals surface area contributed by atoms with Gasteiger partial charge in [-0.3, -0.25) is 0 Å². The molecule has 0 fully saturated rings. The third kappa shape index (κ3) is 6.61. The molecule has 0 amide bonds. The Morgan fingerprint density at radius 2 is 1.68 bits per heavy atom. The minimum Gasteiger partial charge on any atom is -0.423 e. The highest BCUT2D eigenvalue weighted by Gasteiger charge is 2.10. The molecular weight excluding hydrogens is 310 g/mol. The first-order valence-electron chi connectivity index (χ1n) is 9.32. The van der Waals surface area contributed by atoms with E-state index in [1.165, 1.54) is 38.5 Å². The number of rotatable bonds is 10. The Balaban J connectivity index is 1.80. The van der Waals surface area contributed by atoms with E-state index in [0.717, 1.165) is 17.8 Å². The first-order valence-corrected chi connectivity index (χ1v) is 9.32. The van der Waals surface area contributed by atoms with Gasteiger partial charge in [0.25, 0.3) is 0 Å². The van der Waals surface area contributed by atoms with Crippen LogP contribution in [0.4, 0.5) is 5.69 Å². The minimum absolute atomic E-state index is 0.322. The lowest BCUT2D eigenvalue weighted by Crippen LogP contribution is -2.10. The molecule has 0 aliphatic heterocycles. The minimum atomic E-state index is -0.322. The predicted molar refractivity (Wildman–Crippen MR) is 104 cm³/mol. The largest absolute Gasteiger partial charge is 0.423 e. The Bertz CT molecular complexity index is 652. The molecular formula is C22H29NO2. The normalized spacial score (nSPS) is 10.5. The summed E-state index contributed by atoms with van der Waals surface area (Å²) in [7, 11) is 0. The highest BCUT2D eigenvalue weighted by Crippen LogP contribution is 2.19. The number of ether oxygens (including phenoxy) is 1. The quantitative estimate of drug-likeness (QED) is 0.328. The maximum absolute atomic E-state index is 12.2. The van der Waals surface area contributed by atoms with Gasteiger partial charge in [-0.1, -0.05) is 57.2 Å². The van der Waals surface area contributed by atoms with E-state index in [4.69, 9.17) is 4.74 Å². The smallest absolute Gasteiger partial charge is 0.343 e. The number of nitrogens with one attached hydrogen (secondary N) is 1. The van der Waals surface area contributed by atoms with Crippen LogP contribution in [0.3, 0.4) is 0 Å². The van der Waals surface area contributed by atoms with Crippen molar-refractivity contribution in [1.29, 1.82) is 0 Å². The van der Waals surface area contributed by atoms with Gasteiger partial charge in [-0.25, -0.2) is 4.79 Å². The average Bonchev–Trinajstić information content (AvgIpc) is 2.63. The van der Waals surface area contributed by atoms with E-state index in [9.17, 15) is 4.79 Å². The van der Waals surface area contributed by atoms with Crippen molar-refractivity contribution in [1.82, 2.24) is 0 Å². The van der Waals surface area contributed by atoms with Crippen LogP contribution in [-0.2, 0) is 0 Å². The number of aryl methyl sites for hydroxylation is 1. The SMILES string of the molecule is CCCCCCCCNc1ccc(C(=O)Oc2ccccc2)cc1C. The summed E-state index contributed by atoms with van der Waals surface area (Å²) in [5.41, 5.74) is 2.73. The molecule has 0 heterocycles. The number of hydrogen-bond acceptors (Lipinski definition) is 3. The predicted octanol–water partition coefficient (Wildman–Crippen LogP) is 5.99. The molecule has 2 rings (SSSR count). The van der Waals surface area contributed by atoms with Gasteiger partial charge in [0.2, 0.25) is 0 Å². The third-order valence-electron chi connectivity index (χ3n) is 4.26. The van der Waals surface area contributed by atoms with Gasteiger partial charge in [0, 0.05) is 12.2 Å². The van der Waals surface area contributed by atoms with Crippen molar-refractivity contribution in [2.24, 2.45) is 0 Å². The van der Waals surface area contributed by atoms with Crippen LogP contribution in [-0.4, -0.2) is 12.5 Å². The number of esters is 1. The Morgan fingerprint density at radius 3 is 2.40 bits per heavy atom. The van der Waals surface area contributed by atoms with Gasteiger partial charge in [0.15, 0.2) is 0 Å². The number of carbonyl (C=O) groups excluding carboxylic acids is 1. The topological polar surface area (TPSA) is 38.3 Å². The van der Waals surface area contributed by atoms with Crippen LogP contribution < -0.4 is 10.1 Å². The van der Waals surface area contributed by atoms with Gasteiger partial charge < -0.3 is 10.1 Å². The Labute approximate surface area is 151 Å². The van der Waals surface area contributed by atoms with Crippen LogP contribution in [0.2, 0.25) is 0 Å². The van der Waals surface area contributed by atoms with E-state index in [2.05, 4.69) is 12.2 Å². The highest BCUT2D eigenvalue weighted by molar-refractivity contribution is 5.91. The van der Waals surface area contributed by atoms with Crippen molar-refractivity contribution in [2.45, 2.75) is 52.4 Å². The summed E-state index contributed by atoms with van der Waals surface area (Å²) < 4.78 is 5.38. The molecule has 0 aliphatic rings. The van der Waals surface area contributed by atoms with Crippen LogP contribution in [0, 0.1) is 6.92 Å². The zero-order chi connectivity index (χ0) is 17.9. The van der Waals surface area contributed by atoms with E-state index >= 15 is 0 Å². The maximum Gasteiger partial charge on any atom is 0.343 e. The molecule has 0 aromatic heterocycles. The van der Waals surface area contributed by atoms with E-state index < -0.39 is 0 Å². The Hall–Kier alpha value is -2.29. The molecule has 0 atom stereocenters. The summed E-state index contributed by atoms with van der Waals surface area (Å²) in [5, 5.41) is 3.47. The van der Waals surface area contributed by atoms with Crippen molar-refractivity contribution in [3.05, 3.63) is 59.7 Å². The second-order valence-corrected chi connectivity index (χ2v) is 6.43. The monoisotopic (exact) mass is 339 g/mol. The molecule has 0 radical (unpaired) electrons. The summed E-state index contributed by atoms with van der Waals surface area (Å²) >= 11 is 0. The van der Waals surface area contributed by atoms with Crippen molar-refractivity contribution < 1.29 is 9.53 Å². The second-order valence-electron chi connectivity index (χ2n) is 6.43. The van der Waals surface area contributed by atoms with E-state index in [-0.39, 0.29) is 5.97 Å². The fraction of sp³-hybridized carbons (Fsp3) is 0.409. The second kappa shape index (κ2) is 10.5. The van der Waals surface area contributed by atoms with Crippen molar-refractivity contribution in [3.63, 3.8) is 0 Å². The van der Waals surface area contributed by atoms with Crippen LogP contribution in [0.5, 0.6) is 5.75 Å². The Morgan fingerprint density at radius 1 is 0.960 bits per heavy atom. The first-order chi connectivity index (χ1) is 12.2. The van der Waals surface area contributed by atoms with E-state index in [1.807, 2.05) is 43.3 Å². The molecule has 2 aromatic carbocycles. The molecule has 25 heavy (non-hydrogen) atoms. The molecule has 2 aromatic rings. The van der Waals surface area contributed by atoms with Crippen molar-refractivity contribution in [3.8, 4) is 5.75 Å². The standard InChI is InChI=1S/C22H29NO2/c1-3-4-5-6-7-11-16-23-21-15-14-19(17-18(21)2)22(24)25-20-12-9-8-10-13-20/h8-10,12-15,17,23H,3-7,11,16H2,1-2H3. The zero-order valence-corrected chi connectivity index (χ0v) is 15.4. The summed E-state index contributed by atoms with van der Waals surface area (Å²) in [4.78, 5) is 12.2. The van der Waals surface area contributed by atoms with Gasteiger partial charge >= 0.3 is 5.97 Å². The summed E-state index contributed by atoms with van der Waals surface area (Å²) in [6, 6.07) is 14.8. The van der Waals surface area contributed by atoms with Gasteiger partial charge in [0.05, 0.1) is 5.56 Å². The number of benzene rings is 2. The lowest BCUT2D eigenvalue weighted by molar-refractivity contribution is 0.0734. The molecule has 0 unspecified atom stereocenters. The summed E-state index contributed by atoms with van der Waals surface area (Å²) in [6.45, 7) is 5.23. The number of unbranched alkanes of at least 4 members (excludes halogenated alkanes) is 5. The maximum atomic E-state index is 12.2. The fourth-order valence-electron chi connectivity index (χ4n) is 2.77. The van der Waals surface area contributed by atoms with Crippen LogP contribution in [0.1, 0.15) is 61.4 Å². The molecule has 0 bridgehead atoms. The van der Waals surface area contributed by atoms with Crippen LogP contribution in [0.25, 0.3) is 0 Å². The van der Waals surface area contributed by atoms with Crippen molar-refractivity contribution in [2.75, 3.05) is 11.9 Å². The molecule has 1 N–H and O–H groups in total. The number of hydrogen-bond donors (Lipinski definition) is 1. The zero-order valence-electron chi connectivity index (χ0n) is 15.4. The van der Waals surface area contributed by atoms with Crippen molar-refractivity contribution >= 4 is 11.7 Å². The van der Waals surface area contributed by atoms with E-state index in [0.29, 0.717) is 11.3 Å². The number of carbonyl (C=O) groups is 1. The third-order valence-corrected chi connectivity index (χ3v) is 4.26. The van der Waals surface area contributed by atoms with Crippen LogP contribution in [0.15, 0.2) is 48.5 Å². The molecule has 0 saturated heterocycles. The fourth-order valence-corrected chi connectivity index (χ4v) is 2.77. The first kappa shape index (κ1) is 19.0. The summed E-state index contributed by atoms with van der Waals surface area (Å²) in [5.74, 6) is 0.243. The molecule has 0 saturated carbocycles. The molecule has 3 nitrogen and oxygen atoms in total. The highest BCUT2D eigenvalue weighted by atomic mass is 16.5. The number of para-hydroxylation sites is 1. The van der Waals surface area contributed by atoms with Gasteiger partial charge in [-0.05, 0) is 49.2 Å². The van der Waals surface area contributed by atoms with E-state index in [1.54, 1.807) is 12.1 Å². The van der Waals surface area contributed by atoms with Crippen LogP contribution >= 0.6 is 0 Å². The molecule has 0 spiro atoms. The summed E-state index contributed by atoms with van der Waals surface area (Å²) in [6.07, 6.45) is 7.74. The lowest BCUT2D eigenvalue weighted by atomic mass is 10.1. The molecule has 134 valence electrons. The average molecular weight is 339 g/mol. The Kier molecular flexibility index (Phi) is 8.03. The van der Waals surface area contributed by atoms with Gasteiger partial charge in [0.1, 0.15) is 5.75 Å². The lowest BCUT2D eigenvalue weighted by Gasteiger charge is -2.11. The number of anilines is 1. The van der Waals surface area contributed by atoms with Gasteiger partial charge in [-0.15, -0.1) is 0 Å². The van der Waals surface area contributed by atoms with Gasteiger partial charge in [-0.2, -0.15) is 0 Å². The molecule has 0 aliphatic carbocycles.